The normalized spacial score (nSPS) is 16.5. The van der Waals surface area contributed by atoms with E-state index in [-0.39, 0.29) is 11.8 Å². The number of para-hydroxylation sites is 1. The number of hydrogen-bond acceptors (Lipinski definition) is 3. The number of nitrogens with zero attached hydrogens (tertiary/aromatic N) is 1. The Kier molecular flexibility index (Phi) is 7.46. The van der Waals surface area contributed by atoms with Crippen LogP contribution in [0, 0.1) is 5.92 Å². The molecule has 1 atom stereocenters. The van der Waals surface area contributed by atoms with Gasteiger partial charge in [0, 0.05) is 30.2 Å². The number of carbonyl (C=O) groups excluding carboxylic acids is 1. The zero-order valence-electron chi connectivity index (χ0n) is 18.4. The van der Waals surface area contributed by atoms with Crippen molar-refractivity contribution >= 4 is 17.5 Å². The minimum Gasteiger partial charge on any atom is -0.496 e. The largest absolute Gasteiger partial charge is 0.496 e. The standard InChI is InChI=1S/C27H29ClN2O2/c1-32-26-13-3-2-12-25(26)22-9-4-8-21(15-22)18-30-14-6-10-23(19-30)27(31)29-17-20-7-5-11-24(28)16-20/h2-5,7-9,11-13,15-16,23H,6,10,14,17-19H2,1H3,(H,29,31). The molecular weight excluding hydrogens is 420 g/mol. The summed E-state index contributed by atoms with van der Waals surface area (Å²) in [6.07, 6.45) is 1.96. The number of benzene rings is 3. The fraction of sp³-hybridized carbons (Fsp3) is 0.296. The molecule has 1 N–H and O–H groups in total. The van der Waals surface area contributed by atoms with Crippen LogP contribution in [0.4, 0.5) is 0 Å². The lowest BCUT2D eigenvalue weighted by Crippen LogP contribution is -2.42. The van der Waals surface area contributed by atoms with E-state index in [2.05, 4.69) is 40.5 Å². The maximum absolute atomic E-state index is 12.8. The molecule has 4 nitrogen and oxygen atoms in total. The highest BCUT2D eigenvalue weighted by molar-refractivity contribution is 6.30. The monoisotopic (exact) mass is 448 g/mol. The van der Waals surface area contributed by atoms with Gasteiger partial charge in [-0.15, -0.1) is 0 Å². The summed E-state index contributed by atoms with van der Waals surface area (Å²) in [4.78, 5) is 15.2. The van der Waals surface area contributed by atoms with E-state index < -0.39 is 0 Å². The zero-order chi connectivity index (χ0) is 22.3. The second-order valence-electron chi connectivity index (χ2n) is 8.32. The van der Waals surface area contributed by atoms with Gasteiger partial charge in [-0.2, -0.15) is 0 Å². The maximum Gasteiger partial charge on any atom is 0.224 e. The quantitative estimate of drug-likeness (QED) is 0.515. The van der Waals surface area contributed by atoms with Gasteiger partial charge in [0.2, 0.25) is 5.91 Å². The Morgan fingerprint density at radius 2 is 1.88 bits per heavy atom. The van der Waals surface area contributed by atoms with E-state index in [1.165, 1.54) is 5.56 Å². The van der Waals surface area contributed by atoms with Crippen LogP contribution in [0.1, 0.15) is 24.0 Å². The van der Waals surface area contributed by atoms with Crippen LogP contribution in [0.5, 0.6) is 5.75 Å². The number of ether oxygens (including phenoxy) is 1. The van der Waals surface area contributed by atoms with Crippen molar-refractivity contribution in [3.63, 3.8) is 0 Å². The summed E-state index contributed by atoms with van der Waals surface area (Å²) < 4.78 is 5.53. The summed E-state index contributed by atoms with van der Waals surface area (Å²) in [6, 6.07) is 24.3. The van der Waals surface area contributed by atoms with Crippen molar-refractivity contribution in [2.45, 2.75) is 25.9 Å². The van der Waals surface area contributed by atoms with Crippen LogP contribution in [-0.4, -0.2) is 31.0 Å². The Balaban J connectivity index is 1.37. The molecule has 1 aliphatic rings. The fourth-order valence-electron chi connectivity index (χ4n) is 4.37. The van der Waals surface area contributed by atoms with Gasteiger partial charge < -0.3 is 10.1 Å². The first-order valence-corrected chi connectivity index (χ1v) is 11.5. The van der Waals surface area contributed by atoms with E-state index in [0.717, 1.165) is 54.9 Å². The van der Waals surface area contributed by atoms with Gasteiger partial charge in [0.1, 0.15) is 5.75 Å². The van der Waals surface area contributed by atoms with Crippen LogP contribution in [-0.2, 0) is 17.9 Å². The van der Waals surface area contributed by atoms with Crippen molar-refractivity contribution in [2.75, 3.05) is 20.2 Å². The highest BCUT2D eigenvalue weighted by Gasteiger charge is 2.25. The Morgan fingerprint density at radius 3 is 2.72 bits per heavy atom. The molecule has 3 aromatic rings. The summed E-state index contributed by atoms with van der Waals surface area (Å²) in [7, 11) is 1.70. The van der Waals surface area contributed by atoms with Gasteiger partial charge in [-0.25, -0.2) is 0 Å². The van der Waals surface area contributed by atoms with E-state index in [1.807, 2.05) is 42.5 Å². The molecule has 1 unspecified atom stereocenters. The summed E-state index contributed by atoms with van der Waals surface area (Å²) >= 11 is 6.05. The molecule has 1 fully saturated rings. The van der Waals surface area contributed by atoms with Crippen molar-refractivity contribution in [2.24, 2.45) is 5.92 Å². The van der Waals surface area contributed by atoms with Crippen LogP contribution >= 0.6 is 11.6 Å². The van der Waals surface area contributed by atoms with Crippen molar-refractivity contribution in [3.05, 3.63) is 88.9 Å². The lowest BCUT2D eigenvalue weighted by atomic mass is 9.96. The molecule has 0 aromatic heterocycles. The average molecular weight is 449 g/mol. The van der Waals surface area contributed by atoms with Gasteiger partial charge in [-0.3, -0.25) is 9.69 Å². The third-order valence-electron chi connectivity index (χ3n) is 5.98. The summed E-state index contributed by atoms with van der Waals surface area (Å²) in [5.74, 6) is 1.01. The maximum atomic E-state index is 12.8. The number of nitrogens with one attached hydrogen (secondary N) is 1. The fourth-order valence-corrected chi connectivity index (χ4v) is 4.59. The third kappa shape index (κ3) is 5.70. The minimum atomic E-state index is 0.0142. The molecular formula is C27H29ClN2O2. The first-order valence-electron chi connectivity index (χ1n) is 11.1. The van der Waals surface area contributed by atoms with Gasteiger partial charge in [0.25, 0.3) is 0 Å². The number of amides is 1. The van der Waals surface area contributed by atoms with Crippen LogP contribution in [0.2, 0.25) is 5.02 Å². The van der Waals surface area contributed by atoms with Crippen LogP contribution in [0.25, 0.3) is 11.1 Å². The second-order valence-corrected chi connectivity index (χ2v) is 8.76. The van der Waals surface area contributed by atoms with E-state index in [1.54, 1.807) is 7.11 Å². The molecule has 0 bridgehead atoms. The van der Waals surface area contributed by atoms with E-state index >= 15 is 0 Å². The molecule has 5 heteroatoms. The van der Waals surface area contributed by atoms with Gasteiger partial charge in [-0.1, -0.05) is 60.1 Å². The number of hydrogen-bond donors (Lipinski definition) is 1. The van der Waals surface area contributed by atoms with E-state index in [9.17, 15) is 4.79 Å². The third-order valence-corrected chi connectivity index (χ3v) is 6.22. The SMILES string of the molecule is COc1ccccc1-c1cccc(CN2CCCC(C(=O)NCc3cccc(Cl)c3)C2)c1. The second kappa shape index (κ2) is 10.7. The Hall–Kier alpha value is -2.82. The number of methoxy groups -OCH3 is 1. The molecule has 32 heavy (non-hydrogen) atoms. The van der Waals surface area contributed by atoms with Gasteiger partial charge in [0.15, 0.2) is 0 Å². The lowest BCUT2D eigenvalue weighted by Gasteiger charge is -2.32. The first-order chi connectivity index (χ1) is 15.6. The molecule has 0 saturated carbocycles. The minimum absolute atomic E-state index is 0.0142. The molecule has 166 valence electrons. The highest BCUT2D eigenvalue weighted by Crippen LogP contribution is 2.30. The van der Waals surface area contributed by atoms with Crippen molar-refractivity contribution < 1.29 is 9.53 Å². The van der Waals surface area contributed by atoms with Crippen molar-refractivity contribution in [1.82, 2.24) is 10.2 Å². The Bertz CT molecular complexity index is 1070. The molecule has 0 spiro atoms. The van der Waals surface area contributed by atoms with Gasteiger partial charge >= 0.3 is 0 Å². The predicted octanol–water partition coefficient (Wildman–Crippen LogP) is 5.54. The molecule has 0 radical (unpaired) electrons. The van der Waals surface area contributed by atoms with Crippen LogP contribution in [0.15, 0.2) is 72.8 Å². The van der Waals surface area contributed by atoms with Crippen molar-refractivity contribution in [1.29, 1.82) is 0 Å². The summed E-state index contributed by atoms with van der Waals surface area (Å²) in [5.41, 5.74) is 4.50. The number of rotatable bonds is 7. The summed E-state index contributed by atoms with van der Waals surface area (Å²) in [5, 5.41) is 3.78. The molecule has 1 saturated heterocycles. The number of piperidine rings is 1. The molecule has 0 aliphatic carbocycles. The predicted molar refractivity (Wildman–Crippen MR) is 130 cm³/mol. The smallest absolute Gasteiger partial charge is 0.224 e. The zero-order valence-corrected chi connectivity index (χ0v) is 19.1. The topological polar surface area (TPSA) is 41.6 Å². The molecule has 4 rings (SSSR count). The van der Waals surface area contributed by atoms with Crippen LogP contribution in [0.3, 0.4) is 0 Å². The average Bonchev–Trinajstić information content (AvgIpc) is 2.83. The Labute approximate surface area is 195 Å². The van der Waals surface area contributed by atoms with Crippen molar-refractivity contribution in [3.8, 4) is 16.9 Å². The van der Waals surface area contributed by atoms with E-state index in [4.69, 9.17) is 16.3 Å². The van der Waals surface area contributed by atoms with Crippen LogP contribution < -0.4 is 10.1 Å². The van der Waals surface area contributed by atoms with Gasteiger partial charge in [0.05, 0.1) is 13.0 Å². The molecule has 3 aromatic carbocycles. The number of halogens is 1. The lowest BCUT2D eigenvalue weighted by molar-refractivity contribution is -0.126. The molecule has 1 aliphatic heterocycles. The highest BCUT2D eigenvalue weighted by atomic mass is 35.5. The number of likely N-dealkylation sites (tertiary alicyclic amines) is 1. The summed E-state index contributed by atoms with van der Waals surface area (Å²) in [6.45, 7) is 3.13. The molecule has 1 heterocycles. The van der Waals surface area contributed by atoms with Gasteiger partial charge in [-0.05, 0) is 60.3 Å². The number of carbonyl (C=O) groups is 1. The Morgan fingerprint density at radius 1 is 1.06 bits per heavy atom. The first kappa shape index (κ1) is 22.4. The molecule has 1 amide bonds. The van der Waals surface area contributed by atoms with E-state index in [0.29, 0.717) is 11.6 Å².